The molecule has 0 saturated heterocycles. The Balaban J connectivity index is 0.000000217. The van der Waals surface area contributed by atoms with Gasteiger partial charge in [-0.3, -0.25) is 0 Å². The summed E-state index contributed by atoms with van der Waals surface area (Å²) in [6, 6.07) is 0. The lowest BCUT2D eigenvalue weighted by Crippen LogP contribution is -2.06. The topological polar surface area (TPSA) is 98.0 Å². The Kier molecular flexibility index (Phi) is 5.37. The van der Waals surface area contributed by atoms with Crippen LogP contribution >= 0.6 is 7.82 Å². The highest BCUT2D eigenvalue weighted by atomic mass is 31.2. The summed E-state index contributed by atoms with van der Waals surface area (Å²) in [5, 5.41) is 8.86. The van der Waals surface area contributed by atoms with E-state index in [1.54, 1.807) is 0 Å². The molecule has 0 heterocycles. The molecule has 1 unspecified atom stereocenters. The van der Waals surface area contributed by atoms with E-state index in [2.05, 4.69) is 6.08 Å². The number of phosphoric acid groups is 1. The molecular formula is C6H13O5P. The summed E-state index contributed by atoms with van der Waals surface area (Å²) < 4.78 is 8.88. The second-order valence-corrected chi connectivity index (χ2v) is 3.48. The average Bonchev–Trinajstić information content (AvgIpc) is 1.85. The first-order valence-electron chi connectivity index (χ1n) is 3.51. The monoisotopic (exact) mass is 196 g/mol. The molecule has 72 valence electrons. The van der Waals surface area contributed by atoms with Crippen LogP contribution in [0.25, 0.3) is 0 Å². The van der Waals surface area contributed by atoms with Gasteiger partial charge in [-0.25, -0.2) is 4.57 Å². The molecular weight excluding hydrogens is 183 g/mol. The number of aliphatic hydroxyl groups is 1. The first-order chi connectivity index (χ1) is 5.39. The van der Waals surface area contributed by atoms with Crippen LogP contribution in [-0.2, 0) is 4.57 Å². The third-order valence-corrected chi connectivity index (χ3v) is 1.24. The van der Waals surface area contributed by atoms with Crippen molar-refractivity contribution in [1.82, 2.24) is 0 Å². The molecule has 0 bridgehead atoms. The van der Waals surface area contributed by atoms with Crippen molar-refractivity contribution < 1.29 is 24.4 Å². The van der Waals surface area contributed by atoms with Crippen molar-refractivity contribution in [1.29, 1.82) is 0 Å². The van der Waals surface area contributed by atoms with Gasteiger partial charge in [0.25, 0.3) is 0 Å². The fourth-order valence-electron chi connectivity index (χ4n) is 0.778. The van der Waals surface area contributed by atoms with E-state index in [0.29, 0.717) is 0 Å². The summed E-state index contributed by atoms with van der Waals surface area (Å²) in [4.78, 5) is 21.6. The van der Waals surface area contributed by atoms with Crippen LogP contribution in [0.2, 0.25) is 0 Å². The molecule has 0 fully saturated rings. The molecule has 5 nitrogen and oxygen atoms in total. The second-order valence-electron chi connectivity index (χ2n) is 2.45. The molecule has 0 aliphatic heterocycles. The predicted molar refractivity (Wildman–Crippen MR) is 43.3 cm³/mol. The molecule has 0 aromatic rings. The van der Waals surface area contributed by atoms with Crippen LogP contribution < -0.4 is 0 Å². The minimum absolute atomic E-state index is 0.0509. The van der Waals surface area contributed by atoms with Crippen molar-refractivity contribution in [3.63, 3.8) is 0 Å². The minimum atomic E-state index is -4.64. The third kappa shape index (κ3) is 12.5. The van der Waals surface area contributed by atoms with Crippen LogP contribution in [0.5, 0.6) is 0 Å². The summed E-state index contributed by atoms with van der Waals surface area (Å²) >= 11 is 0. The van der Waals surface area contributed by atoms with Crippen LogP contribution in [0.1, 0.15) is 19.3 Å². The van der Waals surface area contributed by atoms with Crippen molar-refractivity contribution in [3.8, 4) is 0 Å². The lowest BCUT2D eigenvalue weighted by atomic mass is 10.1. The molecule has 0 amide bonds. The van der Waals surface area contributed by atoms with Gasteiger partial charge in [-0.1, -0.05) is 12.2 Å². The SMILES string of the molecule is O=P(O)(O)O.OC1CC=CCC1. The molecule has 0 saturated carbocycles. The van der Waals surface area contributed by atoms with Crippen LogP contribution in [0.4, 0.5) is 0 Å². The molecule has 12 heavy (non-hydrogen) atoms. The van der Waals surface area contributed by atoms with Crippen molar-refractivity contribution in [2.75, 3.05) is 0 Å². The Morgan fingerprint density at radius 2 is 1.75 bits per heavy atom. The highest BCUT2D eigenvalue weighted by Gasteiger charge is 2.02. The largest absolute Gasteiger partial charge is 0.466 e. The maximum absolute atomic E-state index is 8.88. The van der Waals surface area contributed by atoms with Gasteiger partial charge in [0, 0.05) is 0 Å². The Hall–Kier alpha value is -0.190. The number of aliphatic hydroxyl groups excluding tert-OH is 1. The van der Waals surface area contributed by atoms with Gasteiger partial charge in [0.15, 0.2) is 0 Å². The molecule has 0 radical (unpaired) electrons. The van der Waals surface area contributed by atoms with Crippen LogP contribution in [-0.4, -0.2) is 25.9 Å². The quantitative estimate of drug-likeness (QED) is 0.327. The molecule has 1 aliphatic carbocycles. The molecule has 1 atom stereocenters. The van der Waals surface area contributed by atoms with E-state index in [-0.39, 0.29) is 6.10 Å². The minimum Gasteiger partial charge on any atom is -0.393 e. The molecule has 0 spiro atoms. The van der Waals surface area contributed by atoms with Gasteiger partial charge in [-0.05, 0) is 19.3 Å². The van der Waals surface area contributed by atoms with Crippen molar-refractivity contribution >= 4 is 7.82 Å². The highest BCUT2D eigenvalue weighted by molar-refractivity contribution is 7.45. The number of rotatable bonds is 0. The van der Waals surface area contributed by atoms with Gasteiger partial charge < -0.3 is 19.8 Å². The zero-order valence-electron chi connectivity index (χ0n) is 6.50. The zero-order chi connectivity index (χ0) is 9.61. The Labute approximate surface area is 70.6 Å². The summed E-state index contributed by atoms with van der Waals surface area (Å²) in [6.45, 7) is 0. The molecule has 0 aromatic carbocycles. The maximum atomic E-state index is 8.88. The van der Waals surface area contributed by atoms with E-state index in [1.807, 2.05) is 6.08 Å². The van der Waals surface area contributed by atoms with E-state index >= 15 is 0 Å². The zero-order valence-corrected chi connectivity index (χ0v) is 7.39. The molecule has 0 aromatic heterocycles. The van der Waals surface area contributed by atoms with E-state index in [1.165, 1.54) is 0 Å². The van der Waals surface area contributed by atoms with Crippen LogP contribution in [0.15, 0.2) is 12.2 Å². The van der Waals surface area contributed by atoms with Crippen molar-refractivity contribution in [2.24, 2.45) is 0 Å². The summed E-state index contributed by atoms with van der Waals surface area (Å²) in [6.07, 6.45) is 6.98. The van der Waals surface area contributed by atoms with Gasteiger partial charge in [0.2, 0.25) is 0 Å². The summed E-state index contributed by atoms with van der Waals surface area (Å²) in [5.74, 6) is 0. The van der Waals surface area contributed by atoms with E-state index in [9.17, 15) is 0 Å². The Morgan fingerprint density at radius 1 is 1.25 bits per heavy atom. The Bertz CT molecular complexity index is 176. The van der Waals surface area contributed by atoms with Gasteiger partial charge in [0.1, 0.15) is 0 Å². The standard InChI is InChI=1S/C6H10O.H3O4P/c7-6-4-2-1-3-5-6;1-5(2,3)4/h1-2,6-7H,3-5H2;(H3,1,2,3,4). The second kappa shape index (κ2) is 5.45. The Morgan fingerprint density at radius 3 is 1.92 bits per heavy atom. The van der Waals surface area contributed by atoms with E-state index < -0.39 is 7.82 Å². The third-order valence-electron chi connectivity index (χ3n) is 1.24. The molecule has 1 rings (SSSR count). The number of hydrogen-bond acceptors (Lipinski definition) is 2. The van der Waals surface area contributed by atoms with Crippen molar-refractivity contribution in [2.45, 2.75) is 25.4 Å². The predicted octanol–water partition coefficient (Wildman–Crippen LogP) is 0.159. The highest BCUT2D eigenvalue weighted by Crippen LogP contribution is 2.25. The normalized spacial score (nSPS) is 22.8. The molecule has 6 heteroatoms. The number of allylic oxidation sites excluding steroid dienone is 1. The van der Waals surface area contributed by atoms with Gasteiger partial charge >= 0.3 is 7.82 Å². The smallest absolute Gasteiger partial charge is 0.393 e. The average molecular weight is 196 g/mol. The van der Waals surface area contributed by atoms with Crippen LogP contribution in [0, 0.1) is 0 Å². The first-order valence-corrected chi connectivity index (χ1v) is 5.07. The first kappa shape index (κ1) is 11.8. The fourth-order valence-corrected chi connectivity index (χ4v) is 0.778. The molecule has 4 N–H and O–H groups in total. The van der Waals surface area contributed by atoms with Crippen LogP contribution in [0.3, 0.4) is 0 Å². The van der Waals surface area contributed by atoms with E-state index in [4.69, 9.17) is 24.4 Å². The maximum Gasteiger partial charge on any atom is 0.466 e. The summed E-state index contributed by atoms with van der Waals surface area (Å²) in [5.41, 5.74) is 0. The van der Waals surface area contributed by atoms with Gasteiger partial charge in [-0.2, -0.15) is 0 Å². The lowest BCUT2D eigenvalue weighted by Gasteiger charge is -2.08. The van der Waals surface area contributed by atoms with Gasteiger partial charge in [0.05, 0.1) is 6.10 Å². The van der Waals surface area contributed by atoms with E-state index in [0.717, 1.165) is 19.3 Å². The molecule has 1 aliphatic rings. The summed E-state index contributed by atoms with van der Waals surface area (Å²) in [7, 11) is -4.64. The lowest BCUT2D eigenvalue weighted by molar-refractivity contribution is 0.164. The van der Waals surface area contributed by atoms with Crippen molar-refractivity contribution in [3.05, 3.63) is 12.2 Å². The number of hydrogen-bond donors (Lipinski definition) is 4. The fraction of sp³-hybridized carbons (Fsp3) is 0.667. The van der Waals surface area contributed by atoms with Gasteiger partial charge in [-0.15, -0.1) is 0 Å².